The van der Waals surface area contributed by atoms with Crippen molar-refractivity contribution in [1.29, 1.82) is 0 Å². The normalized spacial score (nSPS) is 19.5. The molecule has 1 aliphatic rings. The van der Waals surface area contributed by atoms with Crippen LogP contribution >= 0.6 is 11.8 Å². The lowest BCUT2D eigenvalue weighted by atomic mass is 10.3. The van der Waals surface area contributed by atoms with Crippen LogP contribution in [-0.2, 0) is 9.53 Å². The molecular weight excluding hydrogens is 230 g/mol. The molecule has 16 heavy (non-hydrogen) atoms. The van der Waals surface area contributed by atoms with Crippen molar-refractivity contribution >= 4 is 23.7 Å². The van der Waals surface area contributed by atoms with Crippen LogP contribution in [0.4, 0.5) is 0 Å². The van der Waals surface area contributed by atoms with E-state index in [0.717, 1.165) is 0 Å². The zero-order valence-electron chi connectivity index (χ0n) is 8.25. The van der Waals surface area contributed by atoms with E-state index in [1.54, 1.807) is 0 Å². The van der Waals surface area contributed by atoms with Gasteiger partial charge in [-0.2, -0.15) is 0 Å². The van der Waals surface area contributed by atoms with Crippen LogP contribution in [0.3, 0.4) is 0 Å². The fourth-order valence-corrected chi connectivity index (χ4v) is 2.32. The van der Waals surface area contributed by atoms with Crippen LogP contribution in [0.25, 0.3) is 0 Å². The summed E-state index contributed by atoms with van der Waals surface area (Å²) in [5.74, 6) is -1.26. The van der Waals surface area contributed by atoms with Crippen molar-refractivity contribution in [3.8, 4) is 0 Å². The monoisotopic (exact) mass is 239 g/mol. The van der Waals surface area contributed by atoms with Gasteiger partial charge in [0.2, 0.25) is 0 Å². The minimum Gasteiger partial charge on any atom is -0.478 e. The number of hydrogen-bond donors (Lipinski definition) is 1. The van der Waals surface area contributed by atoms with Crippen LogP contribution in [0.15, 0.2) is 23.4 Å². The van der Waals surface area contributed by atoms with Crippen LogP contribution in [0.2, 0.25) is 0 Å². The summed E-state index contributed by atoms with van der Waals surface area (Å²) in [6.07, 6.45) is 2.06. The molecule has 0 bridgehead atoms. The maximum Gasteiger partial charge on any atom is 0.335 e. The molecule has 0 aliphatic carbocycles. The van der Waals surface area contributed by atoms with E-state index in [-0.39, 0.29) is 16.8 Å². The molecule has 2 rings (SSSR count). The number of nitrogens with zero attached hydrogens (tertiary/aromatic N) is 1. The zero-order chi connectivity index (χ0) is 11.5. The number of ether oxygens (including phenoxy) is 1. The SMILES string of the molecule is O=C(O)c1ccnc(SC2CCOC2=O)c1. The van der Waals surface area contributed by atoms with Gasteiger partial charge in [-0.1, -0.05) is 11.8 Å². The van der Waals surface area contributed by atoms with Crippen molar-refractivity contribution in [2.24, 2.45) is 0 Å². The first-order valence-corrected chi connectivity index (χ1v) is 5.57. The molecular formula is C10H9NO4S. The molecule has 1 fully saturated rings. The van der Waals surface area contributed by atoms with Crippen molar-refractivity contribution in [1.82, 2.24) is 4.98 Å². The fourth-order valence-electron chi connectivity index (χ4n) is 1.34. The van der Waals surface area contributed by atoms with Crippen molar-refractivity contribution in [2.75, 3.05) is 6.61 Å². The van der Waals surface area contributed by atoms with E-state index >= 15 is 0 Å². The lowest BCUT2D eigenvalue weighted by Crippen LogP contribution is -2.09. The van der Waals surface area contributed by atoms with Gasteiger partial charge in [-0.15, -0.1) is 0 Å². The Hall–Kier alpha value is -1.56. The van der Waals surface area contributed by atoms with Gasteiger partial charge < -0.3 is 9.84 Å². The number of aromatic nitrogens is 1. The molecule has 1 atom stereocenters. The Morgan fingerprint density at radius 1 is 1.62 bits per heavy atom. The Morgan fingerprint density at radius 2 is 2.44 bits per heavy atom. The second kappa shape index (κ2) is 4.52. The van der Waals surface area contributed by atoms with Gasteiger partial charge in [-0.3, -0.25) is 4.79 Å². The Balaban J connectivity index is 2.12. The third-order valence-corrected chi connectivity index (χ3v) is 3.31. The Morgan fingerprint density at radius 3 is 3.06 bits per heavy atom. The number of carbonyl (C=O) groups is 2. The number of rotatable bonds is 3. The minimum absolute atomic E-state index is 0.170. The molecule has 6 heteroatoms. The Labute approximate surface area is 95.8 Å². The lowest BCUT2D eigenvalue weighted by Gasteiger charge is -2.04. The van der Waals surface area contributed by atoms with Crippen LogP contribution < -0.4 is 0 Å². The standard InChI is InChI=1S/C10H9NO4S/c12-9(13)6-1-3-11-8(5-6)16-7-2-4-15-10(7)14/h1,3,5,7H,2,4H2,(H,12,13). The maximum atomic E-state index is 11.2. The molecule has 1 N–H and O–H groups in total. The molecule has 0 radical (unpaired) electrons. The zero-order valence-corrected chi connectivity index (χ0v) is 9.07. The highest BCUT2D eigenvalue weighted by molar-refractivity contribution is 8.00. The summed E-state index contributed by atoms with van der Waals surface area (Å²) in [6.45, 7) is 0.426. The van der Waals surface area contributed by atoms with E-state index in [4.69, 9.17) is 9.84 Å². The molecule has 0 saturated carbocycles. The minimum atomic E-state index is -1.00. The summed E-state index contributed by atoms with van der Waals surface area (Å²) >= 11 is 1.24. The summed E-state index contributed by atoms with van der Waals surface area (Å²) in [5.41, 5.74) is 0.170. The number of cyclic esters (lactones) is 1. The van der Waals surface area contributed by atoms with Gasteiger partial charge in [-0.25, -0.2) is 9.78 Å². The van der Waals surface area contributed by atoms with Crippen molar-refractivity contribution in [3.05, 3.63) is 23.9 Å². The number of carboxylic acids is 1. The van der Waals surface area contributed by atoms with Gasteiger partial charge in [0.15, 0.2) is 0 Å². The van der Waals surface area contributed by atoms with Crippen LogP contribution in [-0.4, -0.2) is 33.9 Å². The van der Waals surface area contributed by atoms with Crippen LogP contribution in [0, 0.1) is 0 Å². The molecule has 1 aromatic rings. The van der Waals surface area contributed by atoms with E-state index in [1.807, 2.05) is 0 Å². The molecule has 2 heterocycles. The van der Waals surface area contributed by atoms with Crippen molar-refractivity contribution in [3.63, 3.8) is 0 Å². The first-order valence-electron chi connectivity index (χ1n) is 4.69. The summed E-state index contributed by atoms with van der Waals surface area (Å²) in [7, 11) is 0. The van der Waals surface area contributed by atoms with Gasteiger partial charge in [0.1, 0.15) is 5.25 Å². The average Bonchev–Trinajstić information content (AvgIpc) is 2.65. The topological polar surface area (TPSA) is 76.5 Å². The largest absolute Gasteiger partial charge is 0.478 e. The predicted octanol–water partition coefficient (Wildman–Crippen LogP) is 1.19. The second-order valence-corrected chi connectivity index (χ2v) is 4.47. The maximum absolute atomic E-state index is 11.2. The van der Waals surface area contributed by atoms with Gasteiger partial charge in [-0.05, 0) is 12.1 Å². The van der Waals surface area contributed by atoms with Crippen molar-refractivity contribution < 1.29 is 19.4 Å². The number of carboxylic acid groups (broad SMARTS) is 1. The third kappa shape index (κ3) is 2.33. The van der Waals surface area contributed by atoms with E-state index in [1.165, 1.54) is 30.1 Å². The highest BCUT2D eigenvalue weighted by atomic mass is 32.2. The molecule has 1 aromatic heterocycles. The van der Waals surface area contributed by atoms with Gasteiger partial charge in [0.05, 0.1) is 17.2 Å². The number of hydrogen-bond acceptors (Lipinski definition) is 5. The van der Waals surface area contributed by atoms with Crippen LogP contribution in [0.5, 0.6) is 0 Å². The van der Waals surface area contributed by atoms with Gasteiger partial charge >= 0.3 is 11.9 Å². The quantitative estimate of drug-likeness (QED) is 0.798. The molecule has 1 saturated heterocycles. The Kier molecular flexibility index (Phi) is 3.09. The molecule has 5 nitrogen and oxygen atoms in total. The van der Waals surface area contributed by atoms with E-state index in [9.17, 15) is 9.59 Å². The van der Waals surface area contributed by atoms with Crippen LogP contribution in [0.1, 0.15) is 16.8 Å². The molecule has 0 aromatic carbocycles. The highest BCUT2D eigenvalue weighted by Gasteiger charge is 2.27. The van der Waals surface area contributed by atoms with Gasteiger partial charge in [0, 0.05) is 12.6 Å². The molecule has 0 spiro atoms. The highest BCUT2D eigenvalue weighted by Crippen LogP contribution is 2.28. The second-order valence-electron chi connectivity index (χ2n) is 3.25. The average molecular weight is 239 g/mol. The lowest BCUT2D eigenvalue weighted by molar-refractivity contribution is -0.137. The predicted molar refractivity (Wildman–Crippen MR) is 56.4 cm³/mol. The number of esters is 1. The smallest absolute Gasteiger partial charge is 0.335 e. The molecule has 1 unspecified atom stereocenters. The number of thioether (sulfide) groups is 1. The first-order chi connectivity index (χ1) is 7.66. The number of aromatic carboxylic acids is 1. The molecule has 84 valence electrons. The number of pyridine rings is 1. The van der Waals surface area contributed by atoms with Crippen molar-refractivity contribution in [2.45, 2.75) is 16.7 Å². The summed E-state index contributed by atoms with van der Waals surface area (Å²) in [5, 5.41) is 9.06. The van der Waals surface area contributed by atoms with E-state index < -0.39 is 5.97 Å². The third-order valence-electron chi connectivity index (χ3n) is 2.13. The molecule has 1 aliphatic heterocycles. The van der Waals surface area contributed by atoms with E-state index in [0.29, 0.717) is 18.1 Å². The molecule has 0 amide bonds. The Bertz CT molecular complexity index is 435. The summed E-state index contributed by atoms with van der Waals surface area (Å²) in [4.78, 5) is 25.9. The summed E-state index contributed by atoms with van der Waals surface area (Å²) in [6, 6.07) is 2.87. The van der Waals surface area contributed by atoms with Gasteiger partial charge in [0.25, 0.3) is 0 Å². The number of carbonyl (C=O) groups excluding carboxylic acids is 1. The first kappa shape index (κ1) is 10.9. The fraction of sp³-hybridized carbons (Fsp3) is 0.300. The summed E-state index contributed by atoms with van der Waals surface area (Å²) < 4.78 is 4.81. The van der Waals surface area contributed by atoms with E-state index in [2.05, 4.69) is 4.98 Å².